The number of phenolic OH excluding ortho intramolecular Hbond substituents is 2. The summed E-state index contributed by atoms with van der Waals surface area (Å²) >= 11 is 1.54. The molecule has 0 unspecified atom stereocenters. The predicted molar refractivity (Wildman–Crippen MR) is 128 cm³/mol. The third-order valence-electron chi connectivity index (χ3n) is 5.01. The van der Waals surface area contributed by atoms with E-state index in [1.165, 1.54) is 11.3 Å². The Bertz CT molecular complexity index is 1370. The number of para-hydroxylation sites is 2. The van der Waals surface area contributed by atoms with Gasteiger partial charge < -0.3 is 10.2 Å². The average molecular weight is 423 g/mol. The van der Waals surface area contributed by atoms with Gasteiger partial charge in [-0.05, 0) is 35.9 Å². The van der Waals surface area contributed by atoms with Crippen molar-refractivity contribution in [3.63, 3.8) is 0 Å². The van der Waals surface area contributed by atoms with E-state index >= 15 is 0 Å². The number of aliphatic imine (C=N–C) groups is 1. The summed E-state index contributed by atoms with van der Waals surface area (Å²) in [5, 5.41) is 22.0. The summed E-state index contributed by atoms with van der Waals surface area (Å²) in [4.78, 5) is 9.05. The molecule has 1 heterocycles. The smallest absolute Gasteiger partial charge is 0.132 e. The molecule has 150 valence electrons. The molecule has 31 heavy (non-hydrogen) atoms. The highest BCUT2D eigenvalue weighted by molar-refractivity contribution is 7.21. The summed E-state index contributed by atoms with van der Waals surface area (Å²) < 4.78 is 1.08. The maximum Gasteiger partial charge on any atom is 0.132 e. The normalized spacial score (nSPS) is 11.4. The van der Waals surface area contributed by atoms with Gasteiger partial charge in [0.2, 0.25) is 0 Å². The molecule has 4 nitrogen and oxygen atoms in total. The summed E-state index contributed by atoms with van der Waals surface area (Å²) in [5.41, 5.74) is 4.47. The third-order valence-corrected chi connectivity index (χ3v) is 6.08. The molecule has 0 atom stereocenters. The van der Waals surface area contributed by atoms with E-state index in [4.69, 9.17) is 0 Å². The second-order valence-electron chi connectivity index (χ2n) is 7.06. The third kappa shape index (κ3) is 3.79. The topological polar surface area (TPSA) is 65.7 Å². The van der Waals surface area contributed by atoms with Crippen molar-refractivity contribution < 1.29 is 10.2 Å². The van der Waals surface area contributed by atoms with Crippen molar-refractivity contribution in [2.24, 2.45) is 4.99 Å². The molecule has 0 fully saturated rings. The first-order valence-corrected chi connectivity index (χ1v) is 10.6. The van der Waals surface area contributed by atoms with Crippen LogP contribution in [0.2, 0.25) is 0 Å². The van der Waals surface area contributed by atoms with Crippen LogP contribution in [0.25, 0.3) is 31.9 Å². The molecular formula is C26H18N2O2S. The van der Waals surface area contributed by atoms with Crippen molar-refractivity contribution in [2.75, 3.05) is 0 Å². The van der Waals surface area contributed by atoms with Crippen molar-refractivity contribution in [3.05, 3.63) is 96.6 Å². The molecule has 0 saturated carbocycles. The van der Waals surface area contributed by atoms with Gasteiger partial charge >= 0.3 is 0 Å². The van der Waals surface area contributed by atoms with Gasteiger partial charge in [-0.1, -0.05) is 54.6 Å². The molecule has 1 aromatic heterocycles. The van der Waals surface area contributed by atoms with Gasteiger partial charge in [0.25, 0.3) is 0 Å². The molecule has 0 bridgehead atoms. The summed E-state index contributed by atoms with van der Waals surface area (Å²) in [6.45, 7) is 0. The fraction of sp³-hybridized carbons (Fsp3) is 0. The molecule has 0 radical (unpaired) electrons. The minimum atomic E-state index is 0.121. The highest BCUT2D eigenvalue weighted by Crippen LogP contribution is 2.37. The summed E-state index contributed by atoms with van der Waals surface area (Å²) in [6.07, 6.45) is 1.61. The van der Waals surface area contributed by atoms with Crippen molar-refractivity contribution in [3.8, 4) is 33.2 Å². The highest BCUT2D eigenvalue weighted by Gasteiger charge is 2.11. The first kappa shape index (κ1) is 19.0. The minimum absolute atomic E-state index is 0.121. The first-order chi connectivity index (χ1) is 15.2. The molecule has 0 aliphatic rings. The molecule has 0 spiro atoms. The second kappa shape index (κ2) is 8.05. The van der Waals surface area contributed by atoms with Crippen molar-refractivity contribution in [1.82, 2.24) is 4.98 Å². The number of nitrogens with zero attached hydrogens (tertiary/aromatic N) is 2. The maximum atomic E-state index is 10.7. The zero-order valence-electron chi connectivity index (χ0n) is 16.4. The summed E-state index contributed by atoms with van der Waals surface area (Å²) in [5.74, 6) is 0.295. The maximum absolute atomic E-state index is 10.7. The van der Waals surface area contributed by atoms with Crippen molar-refractivity contribution in [2.45, 2.75) is 0 Å². The Kier molecular flexibility index (Phi) is 4.94. The van der Waals surface area contributed by atoms with Crippen LogP contribution in [0.5, 0.6) is 11.5 Å². The number of phenols is 2. The molecule has 0 amide bonds. The summed E-state index contributed by atoms with van der Waals surface area (Å²) in [7, 11) is 0. The van der Waals surface area contributed by atoms with Crippen LogP contribution in [0.4, 0.5) is 5.69 Å². The molecule has 2 N–H and O–H groups in total. The van der Waals surface area contributed by atoms with Crippen LogP contribution in [0.15, 0.2) is 96.0 Å². The van der Waals surface area contributed by atoms with Gasteiger partial charge in [-0.2, -0.15) is 0 Å². The van der Waals surface area contributed by atoms with Crippen LogP contribution in [0.1, 0.15) is 5.56 Å². The van der Waals surface area contributed by atoms with Crippen LogP contribution >= 0.6 is 11.3 Å². The van der Waals surface area contributed by atoms with E-state index in [9.17, 15) is 10.2 Å². The largest absolute Gasteiger partial charge is 0.507 e. The van der Waals surface area contributed by atoms with Crippen molar-refractivity contribution >= 4 is 33.5 Å². The number of hydrogen-bond acceptors (Lipinski definition) is 5. The SMILES string of the molecule is Oc1cc(N=Cc2cccc(-c3ccccc3)c2O)ccc1-c1nc2ccccc2s1. The molecule has 5 rings (SSSR count). The Morgan fingerprint density at radius 1 is 0.774 bits per heavy atom. The van der Waals surface area contributed by atoms with Gasteiger partial charge in [0.05, 0.1) is 21.5 Å². The quantitative estimate of drug-likeness (QED) is 0.313. The van der Waals surface area contributed by atoms with Crippen LogP contribution < -0.4 is 0 Å². The van der Waals surface area contributed by atoms with E-state index in [0.717, 1.165) is 26.4 Å². The Hall–Kier alpha value is -3.96. The lowest BCUT2D eigenvalue weighted by Gasteiger charge is -2.07. The Morgan fingerprint density at radius 2 is 1.58 bits per heavy atom. The van der Waals surface area contributed by atoms with Crippen molar-refractivity contribution in [1.29, 1.82) is 0 Å². The van der Waals surface area contributed by atoms with Crippen LogP contribution in [-0.4, -0.2) is 21.4 Å². The van der Waals surface area contributed by atoms with Gasteiger partial charge in [-0.15, -0.1) is 11.3 Å². The lowest BCUT2D eigenvalue weighted by molar-refractivity contribution is 0.476. The van der Waals surface area contributed by atoms with Gasteiger partial charge in [-0.3, -0.25) is 4.99 Å². The lowest BCUT2D eigenvalue weighted by atomic mass is 10.0. The monoisotopic (exact) mass is 422 g/mol. The van der Waals surface area contributed by atoms with E-state index in [-0.39, 0.29) is 11.5 Å². The Labute approximate surface area is 183 Å². The van der Waals surface area contributed by atoms with E-state index in [2.05, 4.69) is 9.98 Å². The fourth-order valence-electron chi connectivity index (χ4n) is 3.43. The standard InChI is InChI=1S/C26H18N2O2S/c29-23-15-19(13-14-21(23)26-28-22-11-4-5-12-24(22)31-26)27-16-18-9-6-10-20(25(18)30)17-7-2-1-3-8-17/h1-16,29-30H. The molecule has 0 aliphatic carbocycles. The molecule has 5 heteroatoms. The minimum Gasteiger partial charge on any atom is -0.507 e. The zero-order chi connectivity index (χ0) is 21.2. The molecule has 5 aromatic rings. The molecular weight excluding hydrogens is 404 g/mol. The number of thiazole rings is 1. The average Bonchev–Trinajstić information content (AvgIpc) is 3.23. The predicted octanol–water partition coefficient (Wildman–Crippen LogP) is 6.79. The number of aromatic hydroxyl groups is 2. The van der Waals surface area contributed by atoms with Gasteiger partial charge in [-0.25, -0.2) is 4.98 Å². The first-order valence-electron chi connectivity index (χ1n) is 9.79. The van der Waals surface area contributed by atoms with Gasteiger partial charge in [0, 0.05) is 23.4 Å². The number of fused-ring (bicyclic) bond motifs is 1. The Morgan fingerprint density at radius 3 is 2.39 bits per heavy atom. The van der Waals surface area contributed by atoms with Crippen LogP contribution in [0, 0.1) is 0 Å². The number of benzene rings is 4. The zero-order valence-corrected chi connectivity index (χ0v) is 17.3. The van der Waals surface area contributed by atoms with E-state index in [0.29, 0.717) is 16.8 Å². The summed E-state index contributed by atoms with van der Waals surface area (Å²) in [6, 6.07) is 28.4. The molecule has 0 saturated heterocycles. The van der Waals surface area contributed by atoms with Crippen LogP contribution in [-0.2, 0) is 0 Å². The van der Waals surface area contributed by atoms with Gasteiger partial charge in [0.15, 0.2) is 0 Å². The van der Waals surface area contributed by atoms with Crippen LogP contribution in [0.3, 0.4) is 0 Å². The highest BCUT2D eigenvalue weighted by atomic mass is 32.1. The fourth-order valence-corrected chi connectivity index (χ4v) is 4.43. The lowest BCUT2D eigenvalue weighted by Crippen LogP contribution is -1.86. The number of rotatable bonds is 4. The van der Waals surface area contributed by atoms with Gasteiger partial charge in [0.1, 0.15) is 16.5 Å². The molecule has 4 aromatic carbocycles. The Balaban J connectivity index is 1.44. The molecule has 0 aliphatic heterocycles. The number of hydrogen-bond donors (Lipinski definition) is 2. The van der Waals surface area contributed by atoms with E-state index in [1.54, 1.807) is 18.3 Å². The second-order valence-corrected chi connectivity index (χ2v) is 8.09. The van der Waals surface area contributed by atoms with E-state index < -0.39 is 0 Å². The van der Waals surface area contributed by atoms with E-state index in [1.807, 2.05) is 78.9 Å². The number of aromatic nitrogens is 1.